The molecule has 0 aliphatic heterocycles. The summed E-state index contributed by atoms with van der Waals surface area (Å²) in [6.07, 6.45) is -2.89. The molecule has 1 heterocycles. The van der Waals surface area contributed by atoms with E-state index in [0.717, 1.165) is 6.20 Å². The third kappa shape index (κ3) is 2.63. The van der Waals surface area contributed by atoms with Crippen molar-refractivity contribution in [1.82, 2.24) is 4.98 Å². The van der Waals surface area contributed by atoms with Crippen LogP contribution in [-0.4, -0.2) is 16.1 Å². The highest BCUT2D eigenvalue weighted by molar-refractivity contribution is 6.16. The number of hydrogen-bond acceptors (Lipinski definition) is 2. The van der Waals surface area contributed by atoms with E-state index in [4.69, 9.17) is 16.7 Å². The monoisotopic (exact) mass is 253 g/mol. The zero-order chi connectivity index (χ0) is 12.3. The van der Waals surface area contributed by atoms with Crippen LogP contribution in [0.2, 0.25) is 0 Å². The Hall–Kier alpha value is -1.30. The number of nitrogens with zero attached hydrogens (tertiary/aromatic N) is 1. The predicted octanol–water partition coefficient (Wildman–Crippen LogP) is 2.52. The number of pyridine rings is 1. The first kappa shape index (κ1) is 12.8. The molecule has 0 aliphatic carbocycles. The first-order chi connectivity index (χ1) is 7.47. The van der Waals surface area contributed by atoms with Gasteiger partial charge in [0.1, 0.15) is 0 Å². The molecule has 7 heteroatoms. The fourth-order valence-electron chi connectivity index (χ4n) is 1.21. The van der Waals surface area contributed by atoms with Crippen LogP contribution in [0.4, 0.5) is 13.2 Å². The molecule has 0 radical (unpaired) electrons. The first-order valence-corrected chi connectivity index (χ1v) is 4.72. The van der Waals surface area contributed by atoms with Gasteiger partial charge in [0.25, 0.3) is 6.43 Å². The third-order valence-corrected chi connectivity index (χ3v) is 2.15. The number of hydrogen-bond donors (Lipinski definition) is 1. The van der Waals surface area contributed by atoms with Crippen LogP contribution < -0.4 is 0 Å². The molecule has 0 amide bonds. The van der Waals surface area contributed by atoms with Crippen molar-refractivity contribution in [2.75, 3.05) is 0 Å². The Labute approximate surface area is 93.9 Å². The summed E-state index contributed by atoms with van der Waals surface area (Å²) in [5.41, 5.74) is -1.59. The summed E-state index contributed by atoms with van der Waals surface area (Å²) in [5.74, 6) is -2.91. The Morgan fingerprint density at radius 1 is 1.56 bits per heavy atom. The van der Waals surface area contributed by atoms with Crippen LogP contribution in [0.25, 0.3) is 0 Å². The number of aliphatic carboxylic acids is 1. The quantitative estimate of drug-likeness (QED) is 0.839. The maximum atomic E-state index is 13.4. The lowest BCUT2D eigenvalue weighted by Crippen LogP contribution is -2.09. The van der Waals surface area contributed by atoms with E-state index in [-0.39, 0.29) is 17.1 Å². The smallest absolute Gasteiger partial charge is 0.307 e. The summed E-state index contributed by atoms with van der Waals surface area (Å²) >= 11 is 5.30. The average Bonchev–Trinajstić information content (AvgIpc) is 2.16. The summed E-state index contributed by atoms with van der Waals surface area (Å²) in [6.45, 7) is 0. The van der Waals surface area contributed by atoms with Gasteiger partial charge in [0, 0.05) is 6.20 Å². The van der Waals surface area contributed by atoms with E-state index in [1.165, 1.54) is 0 Å². The molecule has 1 aromatic heterocycles. The minimum absolute atomic E-state index is 0.314. The lowest BCUT2D eigenvalue weighted by atomic mass is 10.1. The molecule has 0 fully saturated rings. The summed E-state index contributed by atoms with van der Waals surface area (Å²) in [6, 6.07) is 0. The number of carboxylic acid groups (broad SMARTS) is 1. The fraction of sp³-hybridized carbons (Fsp3) is 0.333. The zero-order valence-electron chi connectivity index (χ0n) is 7.88. The van der Waals surface area contributed by atoms with Crippen LogP contribution in [0, 0.1) is 5.82 Å². The van der Waals surface area contributed by atoms with Crippen LogP contribution >= 0.6 is 11.6 Å². The van der Waals surface area contributed by atoms with Gasteiger partial charge < -0.3 is 5.11 Å². The minimum atomic E-state index is -3.10. The molecule has 0 aliphatic rings. The third-order valence-electron chi connectivity index (χ3n) is 1.90. The molecule has 0 atom stereocenters. The molecule has 88 valence electrons. The van der Waals surface area contributed by atoms with Crippen LogP contribution in [0.1, 0.15) is 23.2 Å². The van der Waals surface area contributed by atoms with Gasteiger partial charge in [-0.2, -0.15) is 0 Å². The standard InChI is InChI=1S/C9H7ClF3NO2/c10-2-5-8(11)7(9(12)13)4(3-14-5)1-6(15)16/h3,9H,1-2H2,(H,15,16). The summed E-state index contributed by atoms with van der Waals surface area (Å²) in [4.78, 5) is 13.9. The average molecular weight is 254 g/mol. The molecule has 0 aromatic carbocycles. The Kier molecular flexibility index (Phi) is 4.12. The number of carbonyl (C=O) groups is 1. The van der Waals surface area contributed by atoms with Crippen LogP contribution in [0.3, 0.4) is 0 Å². The Bertz CT molecular complexity index is 412. The number of rotatable bonds is 4. The van der Waals surface area contributed by atoms with Gasteiger partial charge >= 0.3 is 5.97 Å². The van der Waals surface area contributed by atoms with Gasteiger partial charge in [0.2, 0.25) is 0 Å². The van der Waals surface area contributed by atoms with Crippen LogP contribution in [0.15, 0.2) is 6.20 Å². The van der Waals surface area contributed by atoms with E-state index < -0.39 is 30.2 Å². The number of alkyl halides is 3. The zero-order valence-corrected chi connectivity index (χ0v) is 8.64. The molecule has 1 N–H and O–H groups in total. The maximum absolute atomic E-state index is 13.4. The molecule has 0 unspecified atom stereocenters. The van der Waals surface area contributed by atoms with Crippen LogP contribution in [-0.2, 0) is 17.1 Å². The van der Waals surface area contributed by atoms with Gasteiger partial charge in [-0.1, -0.05) is 0 Å². The molecule has 0 saturated heterocycles. The van der Waals surface area contributed by atoms with Crippen molar-refractivity contribution in [1.29, 1.82) is 0 Å². The van der Waals surface area contributed by atoms with Gasteiger partial charge in [-0.15, -0.1) is 11.6 Å². The van der Waals surface area contributed by atoms with Crippen molar-refractivity contribution in [3.8, 4) is 0 Å². The van der Waals surface area contributed by atoms with E-state index in [1.807, 2.05) is 0 Å². The Morgan fingerprint density at radius 2 is 2.19 bits per heavy atom. The summed E-state index contributed by atoms with van der Waals surface area (Å²) < 4.78 is 38.5. The van der Waals surface area contributed by atoms with Crippen molar-refractivity contribution in [3.63, 3.8) is 0 Å². The molecular formula is C9H7ClF3NO2. The lowest BCUT2D eigenvalue weighted by molar-refractivity contribution is -0.136. The van der Waals surface area contributed by atoms with E-state index in [1.54, 1.807) is 0 Å². The molecule has 0 bridgehead atoms. The fourth-order valence-corrected chi connectivity index (χ4v) is 1.40. The van der Waals surface area contributed by atoms with Gasteiger partial charge in [-0.05, 0) is 5.56 Å². The maximum Gasteiger partial charge on any atom is 0.307 e. The second-order valence-electron chi connectivity index (χ2n) is 2.96. The Morgan fingerprint density at radius 3 is 2.62 bits per heavy atom. The van der Waals surface area contributed by atoms with E-state index >= 15 is 0 Å². The molecule has 0 spiro atoms. The van der Waals surface area contributed by atoms with E-state index in [0.29, 0.717) is 0 Å². The number of halogens is 4. The van der Waals surface area contributed by atoms with Crippen molar-refractivity contribution in [2.24, 2.45) is 0 Å². The summed E-state index contributed by atoms with van der Waals surface area (Å²) in [5, 5.41) is 8.47. The Balaban J connectivity index is 3.28. The topological polar surface area (TPSA) is 50.2 Å². The minimum Gasteiger partial charge on any atom is -0.481 e. The largest absolute Gasteiger partial charge is 0.481 e. The normalized spacial score (nSPS) is 10.8. The van der Waals surface area contributed by atoms with Gasteiger partial charge in [-0.25, -0.2) is 13.2 Å². The number of carboxylic acids is 1. The van der Waals surface area contributed by atoms with Gasteiger partial charge in [-0.3, -0.25) is 9.78 Å². The number of aromatic nitrogens is 1. The van der Waals surface area contributed by atoms with E-state index in [2.05, 4.69) is 4.98 Å². The van der Waals surface area contributed by atoms with Crippen molar-refractivity contribution < 1.29 is 23.1 Å². The first-order valence-electron chi connectivity index (χ1n) is 4.19. The van der Waals surface area contributed by atoms with Crippen molar-refractivity contribution in [2.45, 2.75) is 18.7 Å². The molecule has 3 nitrogen and oxygen atoms in total. The van der Waals surface area contributed by atoms with E-state index in [9.17, 15) is 18.0 Å². The van der Waals surface area contributed by atoms with Crippen molar-refractivity contribution >= 4 is 17.6 Å². The second kappa shape index (κ2) is 5.16. The highest BCUT2D eigenvalue weighted by Gasteiger charge is 2.23. The highest BCUT2D eigenvalue weighted by atomic mass is 35.5. The van der Waals surface area contributed by atoms with Crippen molar-refractivity contribution in [3.05, 3.63) is 28.8 Å². The summed E-state index contributed by atoms with van der Waals surface area (Å²) in [7, 11) is 0. The van der Waals surface area contributed by atoms with Gasteiger partial charge in [0.15, 0.2) is 5.82 Å². The lowest BCUT2D eigenvalue weighted by Gasteiger charge is -2.09. The van der Waals surface area contributed by atoms with Gasteiger partial charge in [0.05, 0.1) is 23.6 Å². The predicted molar refractivity (Wildman–Crippen MR) is 50.0 cm³/mol. The molecule has 0 saturated carbocycles. The van der Waals surface area contributed by atoms with Crippen LogP contribution in [0.5, 0.6) is 0 Å². The molecular weight excluding hydrogens is 247 g/mol. The molecule has 1 aromatic rings. The SMILES string of the molecule is O=C(O)Cc1cnc(CCl)c(F)c1C(F)F. The molecule has 1 rings (SSSR count). The second-order valence-corrected chi connectivity index (χ2v) is 3.23. The molecule has 16 heavy (non-hydrogen) atoms. The highest BCUT2D eigenvalue weighted by Crippen LogP contribution is 2.27.